The van der Waals surface area contributed by atoms with Crippen LogP contribution in [0, 0.1) is 0 Å². The summed E-state index contributed by atoms with van der Waals surface area (Å²) >= 11 is 0. The molecule has 1 atom stereocenters. The summed E-state index contributed by atoms with van der Waals surface area (Å²) in [6, 6.07) is 7.56. The summed E-state index contributed by atoms with van der Waals surface area (Å²) in [6.45, 7) is 3.70. The summed E-state index contributed by atoms with van der Waals surface area (Å²) in [6.07, 6.45) is -0.0255. The normalized spacial score (nSPS) is 21.2. The van der Waals surface area contributed by atoms with E-state index in [1.54, 1.807) is 6.92 Å². The monoisotopic (exact) mass is 221 g/mol. The lowest BCUT2D eigenvalue weighted by Gasteiger charge is -2.14. The highest BCUT2D eigenvalue weighted by molar-refractivity contribution is 5.93. The molecule has 0 aliphatic carbocycles. The second-order valence-corrected chi connectivity index (χ2v) is 4.37. The molecule has 86 valence electrons. The number of hydrogen-bond acceptors (Lipinski definition) is 2. The van der Waals surface area contributed by atoms with Crippen molar-refractivity contribution < 1.29 is 9.18 Å². The van der Waals surface area contributed by atoms with Crippen molar-refractivity contribution in [3.8, 4) is 0 Å². The van der Waals surface area contributed by atoms with Crippen LogP contribution in [0.25, 0.3) is 0 Å². The number of rotatable bonds is 3. The van der Waals surface area contributed by atoms with E-state index in [0.717, 1.165) is 24.2 Å². The predicted molar refractivity (Wildman–Crippen MR) is 61.2 cm³/mol. The first-order valence-corrected chi connectivity index (χ1v) is 5.61. The Labute approximate surface area is 95.1 Å². The molecule has 2 rings (SSSR count). The van der Waals surface area contributed by atoms with Gasteiger partial charge in [-0.2, -0.15) is 0 Å². The van der Waals surface area contributed by atoms with E-state index >= 15 is 0 Å². The second kappa shape index (κ2) is 4.74. The van der Waals surface area contributed by atoms with E-state index in [9.17, 15) is 9.18 Å². The van der Waals surface area contributed by atoms with Crippen LogP contribution in [-0.2, 0) is 6.54 Å². The summed E-state index contributed by atoms with van der Waals surface area (Å²) < 4.78 is 13.0. The van der Waals surface area contributed by atoms with Gasteiger partial charge < -0.3 is 0 Å². The van der Waals surface area contributed by atoms with Crippen molar-refractivity contribution >= 4 is 5.78 Å². The Bertz CT molecular complexity index is 374. The second-order valence-electron chi connectivity index (χ2n) is 4.37. The molecule has 1 heterocycles. The van der Waals surface area contributed by atoms with E-state index in [0.29, 0.717) is 13.0 Å². The molecule has 1 aliphatic heterocycles. The van der Waals surface area contributed by atoms with Crippen molar-refractivity contribution in [3.05, 3.63) is 35.4 Å². The van der Waals surface area contributed by atoms with Crippen LogP contribution >= 0.6 is 0 Å². The first-order chi connectivity index (χ1) is 7.65. The van der Waals surface area contributed by atoms with Crippen LogP contribution in [0.3, 0.4) is 0 Å². The lowest BCUT2D eigenvalue weighted by molar-refractivity contribution is 0.101. The summed E-state index contributed by atoms with van der Waals surface area (Å²) in [5.74, 6) is 0.0801. The Morgan fingerprint density at radius 3 is 2.62 bits per heavy atom. The van der Waals surface area contributed by atoms with E-state index in [-0.39, 0.29) is 5.78 Å². The molecule has 0 saturated carbocycles. The molecular formula is C13H16FNO. The van der Waals surface area contributed by atoms with Gasteiger partial charge in [-0.3, -0.25) is 9.69 Å². The van der Waals surface area contributed by atoms with E-state index in [2.05, 4.69) is 4.90 Å². The molecule has 0 N–H and O–H groups in total. The predicted octanol–water partition coefficient (Wildman–Crippen LogP) is 2.43. The fourth-order valence-corrected chi connectivity index (χ4v) is 2.03. The number of halogens is 1. The zero-order chi connectivity index (χ0) is 11.5. The van der Waals surface area contributed by atoms with E-state index in [1.165, 1.54) is 0 Å². The molecule has 0 aromatic heterocycles. The number of Topliss-reactive ketones (excluding diaryl/α,β-unsaturated/α-hetero) is 1. The number of benzene rings is 1. The fourth-order valence-electron chi connectivity index (χ4n) is 2.03. The molecule has 0 radical (unpaired) electrons. The topological polar surface area (TPSA) is 20.3 Å². The highest BCUT2D eigenvalue weighted by Gasteiger charge is 2.21. The Hall–Kier alpha value is -1.22. The minimum absolute atomic E-state index is 0.0801. The summed E-state index contributed by atoms with van der Waals surface area (Å²) in [5, 5.41) is 0. The average molecular weight is 221 g/mol. The standard InChI is InChI=1S/C13H16FNO/c1-10(16)12-4-2-11(3-5-12)8-15-7-6-13(14)9-15/h2-5,13H,6-9H2,1H3/t13-/m1/s1. The third kappa shape index (κ3) is 2.67. The average Bonchev–Trinajstić information content (AvgIpc) is 2.65. The molecule has 1 aromatic rings. The maximum absolute atomic E-state index is 13.0. The van der Waals surface area contributed by atoms with Gasteiger partial charge in [0.1, 0.15) is 6.17 Å². The maximum atomic E-state index is 13.0. The molecule has 0 bridgehead atoms. The minimum atomic E-state index is -0.670. The number of carbonyl (C=O) groups is 1. The number of hydrogen-bond donors (Lipinski definition) is 0. The minimum Gasteiger partial charge on any atom is -0.296 e. The van der Waals surface area contributed by atoms with Crippen LogP contribution in [0.2, 0.25) is 0 Å². The van der Waals surface area contributed by atoms with Crippen LogP contribution in [0.4, 0.5) is 4.39 Å². The third-order valence-electron chi connectivity index (χ3n) is 2.98. The molecular weight excluding hydrogens is 205 g/mol. The highest BCUT2D eigenvalue weighted by Crippen LogP contribution is 2.16. The highest BCUT2D eigenvalue weighted by atomic mass is 19.1. The fraction of sp³-hybridized carbons (Fsp3) is 0.462. The van der Waals surface area contributed by atoms with Crippen LogP contribution < -0.4 is 0 Å². The van der Waals surface area contributed by atoms with E-state index < -0.39 is 6.17 Å². The molecule has 1 aliphatic rings. The van der Waals surface area contributed by atoms with Gasteiger partial charge in [-0.25, -0.2) is 4.39 Å². The molecule has 3 heteroatoms. The SMILES string of the molecule is CC(=O)c1ccc(CN2CC[C@@H](F)C2)cc1. The van der Waals surface area contributed by atoms with Gasteiger partial charge in [0, 0.05) is 25.2 Å². The van der Waals surface area contributed by atoms with Crippen molar-refractivity contribution in [1.82, 2.24) is 4.90 Å². The number of carbonyl (C=O) groups excluding carboxylic acids is 1. The van der Waals surface area contributed by atoms with Gasteiger partial charge in [-0.05, 0) is 18.9 Å². The van der Waals surface area contributed by atoms with Crippen molar-refractivity contribution in [2.45, 2.75) is 26.1 Å². The van der Waals surface area contributed by atoms with Crippen LogP contribution in [0.15, 0.2) is 24.3 Å². The summed E-state index contributed by atoms with van der Waals surface area (Å²) in [5.41, 5.74) is 1.87. The number of nitrogens with zero attached hydrogens (tertiary/aromatic N) is 1. The van der Waals surface area contributed by atoms with Crippen LogP contribution in [0.1, 0.15) is 29.3 Å². The van der Waals surface area contributed by atoms with Crippen LogP contribution in [-0.4, -0.2) is 29.9 Å². The quantitative estimate of drug-likeness (QED) is 0.731. The van der Waals surface area contributed by atoms with Gasteiger partial charge >= 0.3 is 0 Å². The van der Waals surface area contributed by atoms with Crippen molar-refractivity contribution in [2.75, 3.05) is 13.1 Å². The molecule has 2 nitrogen and oxygen atoms in total. The first kappa shape index (κ1) is 11.3. The Morgan fingerprint density at radius 2 is 2.12 bits per heavy atom. The molecule has 0 unspecified atom stereocenters. The van der Waals surface area contributed by atoms with Gasteiger partial charge in [0.2, 0.25) is 0 Å². The summed E-state index contributed by atoms with van der Waals surface area (Å²) in [4.78, 5) is 13.2. The van der Waals surface area contributed by atoms with Crippen molar-refractivity contribution in [3.63, 3.8) is 0 Å². The van der Waals surface area contributed by atoms with E-state index in [1.807, 2.05) is 24.3 Å². The van der Waals surface area contributed by atoms with Gasteiger partial charge in [-0.1, -0.05) is 24.3 Å². The number of ketones is 1. The van der Waals surface area contributed by atoms with Crippen molar-refractivity contribution in [1.29, 1.82) is 0 Å². The Morgan fingerprint density at radius 1 is 1.44 bits per heavy atom. The molecule has 1 saturated heterocycles. The van der Waals surface area contributed by atoms with Crippen molar-refractivity contribution in [2.24, 2.45) is 0 Å². The molecule has 1 aromatic carbocycles. The molecule has 0 amide bonds. The third-order valence-corrected chi connectivity index (χ3v) is 2.98. The molecule has 1 fully saturated rings. The number of likely N-dealkylation sites (tertiary alicyclic amines) is 1. The molecule has 16 heavy (non-hydrogen) atoms. The first-order valence-electron chi connectivity index (χ1n) is 5.61. The Kier molecular flexibility index (Phi) is 3.34. The zero-order valence-electron chi connectivity index (χ0n) is 9.45. The van der Waals surface area contributed by atoms with Gasteiger partial charge in [0.25, 0.3) is 0 Å². The maximum Gasteiger partial charge on any atom is 0.159 e. The lowest BCUT2D eigenvalue weighted by Crippen LogP contribution is -2.20. The smallest absolute Gasteiger partial charge is 0.159 e. The number of alkyl halides is 1. The molecule has 0 spiro atoms. The zero-order valence-corrected chi connectivity index (χ0v) is 9.45. The summed E-state index contributed by atoms with van der Waals surface area (Å²) in [7, 11) is 0. The lowest BCUT2D eigenvalue weighted by atomic mass is 10.1. The Balaban J connectivity index is 1.97. The van der Waals surface area contributed by atoms with Gasteiger partial charge in [-0.15, -0.1) is 0 Å². The van der Waals surface area contributed by atoms with Gasteiger partial charge in [0.15, 0.2) is 5.78 Å². The van der Waals surface area contributed by atoms with Crippen LogP contribution in [0.5, 0.6) is 0 Å². The van der Waals surface area contributed by atoms with E-state index in [4.69, 9.17) is 0 Å². The van der Waals surface area contributed by atoms with Gasteiger partial charge in [0.05, 0.1) is 0 Å². The largest absolute Gasteiger partial charge is 0.296 e.